The lowest BCUT2D eigenvalue weighted by molar-refractivity contribution is -0.274. The van der Waals surface area contributed by atoms with Crippen molar-refractivity contribution in [1.82, 2.24) is 9.88 Å². The van der Waals surface area contributed by atoms with Crippen LogP contribution in [0.15, 0.2) is 71.7 Å². The fourth-order valence-electron chi connectivity index (χ4n) is 4.31. The quantitative estimate of drug-likeness (QED) is 0.468. The summed E-state index contributed by atoms with van der Waals surface area (Å²) in [4.78, 5) is 40.9. The number of aliphatic hydroxyl groups is 1. The highest BCUT2D eigenvalue weighted by molar-refractivity contribution is 6.30. The number of alkyl halides is 3. The van der Waals surface area contributed by atoms with Gasteiger partial charge in [-0.2, -0.15) is 0 Å². The Labute approximate surface area is 220 Å². The first kappa shape index (κ1) is 27.2. The summed E-state index contributed by atoms with van der Waals surface area (Å²) in [6.45, 7) is 1.63. The summed E-state index contributed by atoms with van der Waals surface area (Å²) in [6.07, 6.45) is -4.17. The molecule has 12 heteroatoms. The summed E-state index contributed by atoms with van der Waals surface area (Å²) in [5, 5.41) is 12.9. The van der Waals surface area contributed by atoms with Crippen LogP contribution < -0.4 is 20.5 Å². The van der Waals surface area contributed by atoms with E-state index in [0.29, 0.717) is 10.6 Å². The molecule has 2 N–H and O–H groups in total. The molecule has 1 aliphatic heterocycles. The van der Waals surface area contributed by atoms with Gasteiger partial charge in [-0.25, -0.2) is 0 Å². The van der Waals surface area contributed by atoms with Gasteiger partial charge in [0.05, 0.1) is 12.6 Å². The van der Waals surface area contributed by atoms with E-state index >= 15 is 0 Å². The molecule has 200 valence electrons. The highest BCUT2D eigenvalue weighted by Gasteiger charge is 2.43. The Balaban J connectivity index is 1.63. The number of carbonyl (C=O) groups excluding carboxylic acids is 2. The molecule has 1 fully saturated rings. The third-order valence-corrected chi connectivity index (χ3v) is 6.25. The number of hydrogen-bond acceptors (Lipinski definition) is 5. The number of nitrogens with zero attached hydrogens (tertiary/aromatic N) is 2. The molecule has 3 atom stereocenters. The Kier molecular flexibility index (Phi) is 7.79. The second kappa shape index (κ2) is 10.9. The predicted octanol–water partition coefficient (Wildman–Crippen LogP) is 3.71. The molecule has 1 saturated heterocycles. The molecule has 3 aromatic rings. The molecule has 2 heterocycles. The molecule has 0 bridgehead atoms. The van der Waals surface area contributed by atoms with Crippen LogP contribution in [0.25, 0.3) is 0 Å². The van der Waals surface area contributed by atoms with Crippen LogP contribution in [0.2, 0.25) is 5.02 Å². The number of nitrogens with one attached hydrogen (secondary N) is 1. The van der Waals surface area contributed by atoms with Gasteiger partial charge in [-0.15, -0.1) is 13.2 Å². The van der Waals surface area contributed by atoms with Crippen LogP contribution in [-0.2, 0) is 11.3 Å². The lowest BCUT2D eigenvalue weighted by Gasteiger charge is -2.19. The van der Waals surface area contributed by atoms with Crippen molar-refractivity contribution < 1.29 is 32.6 Å². The summed E-state index contributed by atoms with van der Waals surface area (Å²) >= 11 is 6.01. The van der Waals surface area contributed by atoms with Gasteiger partial charge in [0.1, 0.15) is 17.5 Å². The SMILES string of the molecule is CC(O)Cn1cccc(N2C[C@@H](c3ccc(Cl)cc3)[C@H](NC(=O)c3ccc(OC(F)(F)F)cc3)C2=O)c1=O. The number of ether oxygens (including phenoxy) is 1. The third-order valence-electron chi connectivity index (χ3n) is 6.00. The maximum atomic E-state index is 13.6. The number of carbonyl (C=O) groups is 2. The second-order valence-corrected chi connectivity index (χ2v) is 9.27. The third kappa shape index (κ3) is 6.17. The van der Waals surface area contributed by atoms with Crippen LogP contribution in [0.5, 0.6) is 5.75 Å². The summed E-state index contributed by atoms with van der Waals surface area (Å²) < 4.78 is 42.5. The van der Waals surface area contributed by atoms with E-state index < -0.39 is 47.5 Å². The number of anilines is 1. The Morgan fingerprint density at radius 3 is 2.39 bits per heavy atom. The Morgan fingerprint density at radius 2 is 1.79 bits per heavy atom. The van der Waals surface area contributed by atoms with E-state index in [9.17, 15) is 32.7 Å². The van der Waals surface area contributed by atoms with Crippen molar-refractivity contribution in [1.29, 1.82) is 0 Å². The van der Waals surface area contributed by atoms with Crippen LogP contribution >= 0.6 is 11.6 Å². The standard InChI is InChI=1S/C26H23ClF3N3O5/c1-15(34)13-32-12-2-3-21(24(32)36)33-14-20(16-4-8-18(27)9-5-16)22(25(33)37)31-23(35)17-6-10-19(11-7-17)38-26(28,29)30/h2-12,15,20,22,34H,13-14H2,1H3,(H,31,35)/t15?,20-,22-/m0/s1. The van der Waals surface area contributed by atoms with Crippen molar-refractivity contribution >= 4 is 29.1 Å². The molecule has 1 unspecified atom stereocenters. The topological polar surface area (TPSA) is 101 Å². The van der Waals surface area contributed by atoms with Crippen molar-refractivity contribution in [2.75, 3.05) is 11.4 Å². The van der Waals surface area contributed by atoms with Crippen molar-refractivity contribution in [3.63, 3.8) is 0 Å². The molecule has 1 aliphatic rings. The van der Waals surface area contributed by atoms with Gasteiger partial charge in [-0.05, 0) is 61.0 Å². The minimum Gasteiger partial charge on any atom is -0.406 e. The summed E-state index contributed by atoms with van der Waals surface area (Å²) in [5.74, 6) is -2.29. The molecular weight excluding hydrogens is 527 g/mol. The fourth-order valence-corrected chi connectivity index (χ4v) is 4.44. The minimum absolute atomic E-state index is 0.0135. The van der Waals surface area contributed by atoms with Crippen molar-refractivity contribution in [2.24, 2.45) is 0 Å². The average Bonchev–Trinajstić information content (AvgIpc) is 3.16. The normalized spacial score (nSPS) is 18.4. The van der Waals surface area contributed by atoms with Gasteiger partial charge >= 0.3 is 6.36 Å². The maximum absolute atomic E-state index is 13.6. The van der Waals surface area contributed by atoms with Crippen molar-refractivity contribution in [2.45, 2.75) is 37.9 Å². The van der Waals surface area contributed by atoms with Crippen molar-refractivity contribution in [3.05, 3.63) is 93.4 Å². The Bertz CT molecular complexity index is 1370. The molecular formula is C26H23ClF3N3O5. The Morgan fingerprint density at radius 1 is 1.13 bits per heavy atom. The lowest BCUT2D eigenvalue weighted by atomic mass is 9.94. The maximum Gasteiger partial charge on any atom is 0.573 e. The first-order chi connectivity index (χ1) is 17.9. The first-order valence-corrected chi connectivity index (χ1v) is 11.9. The van der Waals surface area contributed by atoms with Gasteiger partial charge < -0.3 is 24.6 Å². The monoisotopic (exact) mass is 549 g/mol. The molecule has 4 rings (SSSR count). The number of benzene rings is 2. The highest BCUT2D eigenvalue weighted by Crippen LogP contribution is 2.32. The largest absolute Gasteiger partial charge is 0.573 e. The lowest BCUT2D eigenvalue weighted by Crippen LogP contribution is -2.44. The van der Waals surface area contributed by atoms with Gasteiger partial charge in [0.2, 0.25) is 5.91 Å². The Hall–Kier alpha value is -3.83. The van der Waals surface area contributed by atoms with Crippen LogP contribution in [0, 0.1) is 0 Å². The van der Waals surface area contributed by atoms with Gasteiger partial charge in [-0.1, -0.05) is 23.7 Å². The van der Waals surface area contributed by atoms with Crippen LogP contribution in [0.4, 0.5) is 18.9 Å². The fraction of sp³-hybridized carbons (Fsp3) is 0.269. The van der Waals surface area contributed by atoms with E-state index in [0.717, 1.165) is 24.3 Å². The molecule has 38 heavy (non-hydrogen) atoms. The summed E-state index contributed by atoms with van der Waals surface area (Å²) in [6, 6.07) is 13.0. The van der Waals surface area contributed by atoms with Gasteiger partial charge in [-0.3, -0.25) is 14.4 Å². The molecule has 0 spiro atoms. The van der Waals surface area contributed by atoms with E-state index in [4.69, 9.17) is 11.6 Å². The zero-order valence-corrected chi connectivity index (χ0v) is 20.7. The number of rotatable bonds is 7. The zero-order chi connectivity index (χ0) is 27.6. The summed E-state index contributed by atoms with van der Waals surface area (Å²) in [5.41, 5.74) is 0.302. The van der Waals surface area contributed by atoms with Gasteiger partial charge in [0.15, 0.2) is 0 Å². The molecule has 0 aliphatic carbocycles. The number of hydrogen-bond donors (Lipinski definition) is 2. The molecule has 1 aromatic heterocycles. The minimum atomic E-state index is -4.87. The average molecular weight is 550 g/mol. The van der Waals surface area contributed by atoms with Gasteiger partial charge in [0.25, 0.3) is 11.5 Å². The summed E-state index contributed by atoms with van der Waals surface area (Å²) in [7, 11) is 0. The number of aromatic nitrogens is 1. The number of amides is 2. The molecule has 2 aromatic carbocycles. The zero-order valence-electron chi connectivity index (χ0n) is 20.0. The number of pyridine rings is 1. The van der Waals surface area contributed by atoms with E-state index in [1.54, 1.807) is 30.3 Å². The molecule has 8 nitrogen and oxygen atoms in total. The van der Waals surface area contributed by atoms with Gasteiger partial charge in [0, 0.05) is 29.2 Å². The molecule has 2 amide bonds. The van der Waals surface area contributed by atoms with Crippen molar-refractivity contribution in [3.8, 4) is 5.75 Å². The second-order valence-electron chi connectivity index (χ2n) is 8.83. The first-order valence-electron chi connectivity index (χ1n) is 11.5. The highest BCUT2D eigenvalue weighted by atomic mass is 35.5. The number of aliphatic hydroxyl groups excluding tert-OH is 1. The predicted molar refractivity (Wildman–Crippen MR) is 133 cm³/mol. The molecule has 0 saturated carbocycles. The van der Waals surface area contributed by atoms with E-state index in [2.05, 4.69) is 10.1 Å². The van der Waals surface area contributed by atoms with Crippen LogP contribution in [0.1, 0.15) is 28.8 Å². The van der Waals surface area contributed by atoms with E-state index in [1.165, 1.54) is 28.7 Å². The van der Waals surface area contributed by atoms with E-state index in [1.807, 2.05) is 0 Å². The smallest absolute Gasteiger partial charge is 0.406 e. The molecule has 0 radical (unpaired) electrons. The van der Waals surface area contributed by atoms with Crippen LogP contribution in [0.3, 0.4) is 0 Å². The van der Waals surface area contributed by atoms with Crippen LogP contribution in [-0.4, -0.2) is 46.5 Å². The number of halogens is 4. The van der Waals surface area contributed by atoms with E-state index in [-0.39, 0.29) is 24.3 Å².